The van der Waals surface area contributed by atoms with Gasteiger partial charge in [-0.2, -0.15) is 0 Å². The molecule has 3 aliphatic rings. The van der Waals surface area contributed by atoms with Crippen LogP contribution in [-0.2, 0) is 11.3 Å². The fraction of sp³-hybridized carbons (Fsp3) is 0.438. The minimum Gasteiger partial charge on any atom is -0.493 e. The van der Waals surface area contributed by atoms with Crippen molar-refractivity contribution in [2.45, 2.75) is 23.6 Å². The van der Waals surface area contributed by atoms with E-state index in [2.05, 4.69) is 12.1 Å². The standard InChI is InChI=1S/C16H15NO3S2/c18-16-17(5-10-7-19-10)15-14(22-16)13-9(8-21-15)6-20-12-4-2-1-3-11(12)13/h1-4,9-10,13H,5-8H2/t9-,10-,13+/m0/s1. The topological polar surface area (TPSA) is 43.8 Å². The molecule has 0 spiro atoms. The molecule has 3 aliphatic heterocycles. The van der Waals surface area contributed by atoms with Gasteiger partial charge in [-0.25, -0.2) is 0 Å². The predicted molar refractivity (Wildman–Crippen MR) is 86.3 cm³/mol. The lowest BCUT2D eigenvalue weighted by molar-refractivity contribution is 0.218. The van der Waals surface area contributed by atoms with Gasteiger partial charge < -0.3 is 9.47 Å². The molecule has 22 heavy (non-hydrogen) atoms. The lowest BCUT2D eigenvalue weighted by Gasteiger charge is -2.36. The van der Waals surface area contributed by atoms with E-state index in [1.807, 2.05) is 16.7 Å². The second-order valence-electron chi connectivity index (χ2n) is 6.00. The van der Waals surface area contributed by atoms with Crippen LogP contribution >= 0.6 is 23.1 Å². The number of rotatable bonds is 2. The summed E-state index contributed by atoms with van der Waals surface area (Å²) in [5, 5.41) is 1.16. The van der Waals surface area contributed by atoms with Crippen LogP contribution in [0.5, 0.6) is 5.75 Å². The summed E-state index contributed by atoms with van der Waals surface area (Å²) in [6.45, 7) is 2.23. The van der Waals surface area contributed by atoms with Crippen LogP contribution in [0.1, 0.15) is 16.4 Å². The molecule has 4 nitrogen and oxygen atoms in total. The molecule has 0 N–H and O–H groups in total. The molecule has 1 saturated heterocycles. The molecule has 0 saturated carbocycles. The van der Waals surface area contributed by atoms with E-state index < -0.39 is 0 Å². The zero-order valence-electron chi connectivity index (χ0n) is 11.9. The van der Waals surface area contributed by atoms with Crippen molar-refractivity contribution in [2.24, 2.45) is 5.92 Å². The summed E-state index contributed by atoms with van der Waals surface area (Å²) >= 11 is 3.22. The first-order valence-corrected chi connectivity index (χ1v) is 9.31. The fourth-order valence-electron chi connectivity index (χ4n) is 3.39. The average molecular weight is 333 g/mol. The van der Waals surface area contributed by atoms with Crippen LogP contribution < -0.4 is 9.61 Å². The summed E-state index contributed by atoms with van der Waals surface area (Å²) in [6, 6.07) is 8.24. The summed E-state index contributed by atoms with van der Waals surface area (Å²) in [7, 11) is 0. The summed E-state index contributed by atoms with van der Waals surface area (Å²) < 4.78 is 13.1. The number of hydrogen-bond acceptors (Lipinski definition) is 5. The Morgan fingerprint density at radius 2 is 2.14 bits per heavy atom. The molecule has 0 radical (unpaired) electrons. The summed E-state index contributed by atoms with van der Waals surface area (Å²) in [5.74, 6) is 2.74. The van der Waals surface area contributed by atoms with Crippen LogP contribution in [0.15, 0.2) is 34.1 Å². The largest absolute Gasteiger partial charge is 0.493 e. The van der Waals surface area contributed by atoms with Crippen molar-refractivity contribution in [3.05, 3.63) is 44.4 Å². The van der Waals surface area contributed by atoms with Gasteiger partial charge in [0.25, 0.3) is 0 Å². The Balaban J connectivity index is 1.65. The van der Waals surface area contributed by atoms with Gasteiger partial charge >= 0.3 is 4.87 Å². The minimum absolute atomic E-state index is 0.151. The molecule has 0 aliphatic carbocycles. The highest BCUT2D eigenvalue weighted by Gasteiger charge is 2.40. The van der Waals surface area contributed by atoms with Gasteiger partial charge in [-0.1, -0.05) is 29.5 Å². The first-order valence-electron chi connectivity index (χ1n) is 7.51. The molecule has 1 aromatic heterocycles. The van der Waals surface area contributed by atoms with Gasteiger partial charge in [0.1, 0.15) is 5.75 Å². The molecule has 0 amide bonds. The second-order valence-corrected chi connectivity index (χ2v) is 8.00. The van der Waals surface area contributed by atoms with E-state index in [4.69, 9.17) is 9.47 Å². The number of thiazole rings is 1. The molecular formula is C16H15NO3S2. The Kier molecular flexibility index (Phi) is 2.93. The molecular weight excluding hydrogens is 318 g/mol. The number of aromatic nitrogens is 1. The average Bonchev–Trinajstić information content (AvgIpc) is 3.31. The van der Waals surface area contributed by atoms with E-state index in [0.717, 1.165) is 29.7 Å². The Bertz CT molecular complexity index is 793. The highest BCUT2D eigenvalue weighted by molar-refractivity contribution is 7.99. The molecule has 3 atom stereocenters. The summed E-state index contributed by atoms with van der Waals surface area (Å²) in [6.07, 6.45) is 0.233. The molecule has 0 bridgehead atoms. The molecule has 1 fully saturated rings. The molecule has 0 unspecified atom stereocenters. The van der Waals surface area contributed by atoms with E-state index in [1.54, 1.807) is 11.8 Å². The molecule has 6 heteroatoms. The van der Waals surface area contributed by atoms with E-state index in [-0.39, 0.29) is 11.0 Å². The maximum atomic E-state index is 12.4. The van der Waals surface area contributed by atoms with Crippen LogP contribution in [0.4, 0.5) is 0 Å². The molecule has 1 aromatic carbocycles. The lowest BCUT2D eigenvalue weighted by atomic mass is 9.84. The van der Waals surface area contributed by atoms with E-state index in [0.29, 0.717) is 18.4 Å². The normalized spacial score (nSPS) is 28.3. The highest BCUT2D eigenvalue weighted by atomic mass is 32.2. The summed E-state index contributed by atoms with van der Waals surface area (Å²) in [4.78, 5) is 13.8. The maximum absolute atomic E-state index is 12.4. The third-order valence-corrected chi connectivity index (χ3v) is 7.06. The van der Waals surface area contributed by atoms with Gasteiger partial charge in [0.15, 0.2) is 0 Å². The SMILES string of the molecule is O=c1sc2c(n1C[C@H]1CO1)SC[C@@H]1COc3ccccc3[C@H]21. The molecule has 5 rings (SSSR count). The van der Waals surface area contributed by atoms with Crippen molar-refractivity contribution in [3.8, 4) is 5.75 Å². The lowest BCUT2D eigenvalue weighted by Crippen LogP contribution is -2.31. The number of ether oxygens (including phenoxy) is 2. The van der Waals surface area contributed by atoms with Gasteiger partial charge in [0.2, 0.25) is 0 Å². The number of benzene rings is 1. The smallest absolute Gasteiger partial charge is 0.308 e. The monoisotopic (exact) mass is 333 g/mol. The number of fused-ring (bicyclic) bond motifs is 5. The van der Waals surface area contributed by atoms with Gasteiger partial charge in [0, 0.05) is 28.0 Å². The zero-order valence-corrected chi connectivity index (χ0v) is 13.5. The van der Waals surface area contributed by atoms with Gasteiger partial charge in [-0.3, -0.25) is 9.36 Å². The van der Waals surface area contributed by atoms with E-state index in [9.17, 15) is 4.79 Å². The highest BCUT2D eigenvalue weighted by Crippen LogP contribution is 2.50. The molecule has 2 aromatic rings. The van der Waals surface area contributed by atoms with Crippen molar-refractivity contribution < 1.29 is 9.47 Å². The van der Waals surface area contributed by atoms with Gasteiger partial charge in [-0.05, 0) is 6.07 Å². The van der Waals surface area contributed by atoms with E-state index >= 15 is 0 Å². The van der Waals surface area contributed by atoms with Gasteiger partial charge in [0.05, 0.1) is 30.9 Å². The van der Waals surface area contributed by atoms with Crippen molar-refractivity contribution >= 4 is 23.1 Å². The number of hydrogen-bond donors (Lipinski definition) is 0. The van der Waals surface area contributed by atoms with Crippen molar-refractivity contribution in [2.75, 3.05) is 19.0 Å². The summed E-state index contributed by atoms with van der Waals surface area (Å²) in [5.41, 5.74) is 1.23. The molecule has 114 valence electrons. The quantitative estimate of drug-likeness (QED) is 0.792. The number of nitrogens with zero attached hydrogens (tertiary/aromatic N) is 1. The van der Waals surface area contributed by atoms with Crippen molar-refractivity contribution in [1.29, 1.82) is 0 Å². The number of para-hydroxylation sites is 1. The fourth-order valence-corrected chi connectivity index (χ4v) is 6.10. The third kappa shape index (κ3) is 1.97. The number of thioether (sulfide) groups is 1. The van der Waals surface area contributed by atoms with Crippen LogP contribution in [0.25, 0.3) is 0 Å². The van der Waals surface area contributed by atoms with E-state index in [1.165, 1.54) is 21.8 Å². The van der Waals surface area contributed by atoms with Crippen molar-refractivity contribution in [1.82, 2.24) is 4.57 Å². The van der Waals surface area contributed by atoms with Crippen LogP contribution in [0.2, 0.25) is 0 Å². The van der Waals surface area contributed by atoms with Crippen LogP contribution in [0, 0.1) is 5.92 Å². The second kappa shape index (κ2) is 4.88. The van der Waals surface area contributed by atoms with Crippen LogP contribution in [-0.4, -0.2) is 29.6 Å². The third-order valence-electron chi connectivity index (χ3n) is 4.56. The number of epoxide rings is 1. The van der Waals surface area contributed by atoms with Gasteiger partial charge in [-0.15, -0.1) is 11.8 Å². The zero-order chi connectivity index (χ0) is 14.7. The predicted octanol–water partition coefficient (Wildman–Crippen LogP) is 2.55. The Labute approximate surface area is 136 Å². The minimum atomic E-state index is 0.151. The maximum Gasteiger partial charge on any atom is 0.308 e. The van der Waals surface area contributed by atoms with Crippen molar-refractivity contribution in [3.63, 3.8) is 0 Å². The Morgan fingerprint density at radius 1 is 1.27 bits per heavy atom. The first kappa shape index (κ1) is 13.2. The first-order chi connectivity index (χ1) is 10.8. The van der Waals surface area contributed by atoms with Crippen LogP contribution in [0.3, 0.4) is 0 Å². The Hall–Kier alpha value is -1.24. The Morgan fingerprint density at radius 3 is 3.00 bits per heavy atom. The molecule has 4 heterocycles.